The Morgan fingerprint density at radius 2 is 1.46 bits per heavy atom. The molecule has 6 rings (SSSR count). The number of nitriles is 1. The van der Waals surface area contributed by atoms with E-state index in [4.69, 9.17) is 15.1 Å². The Hall–Kier alpha value is -5.46. The summed E-state index contributed by atoms with van der Waals surface area (Å²) < 4.78 is 5.41. The number of aromatic amines is 2. The van der Waals surface area contributed by atoms with Crippen LogP contribution in [0.2, 0.25) is 0 Å². The molecule has 0 aliphatic rings. The van der Waals surface area contributed by atoms with Gasteiger partial charge >= 0.3 is 0 Å². The number of carbonyl (C=O) groups is 1. The number of amides is 1. The van der Waals surface area contributed by atoms with E-state index in [1.54, 1.807) is 30.3 Å². The molecule has 0 saturated carbocycles. The van der Waals surface area contributed by atoms with E-state index in [9.17, 15) is 4.79 Å². The highest BCUT2D eigenvalue weighted by molar-refractivity contribution is 6.06. The quantitative estimate of drug-likeness (QED) is 0.229. The van der Waals surface area contributed by atoms with E-state index in [2.05, 4.69) is 31.3 Å². The lowest BCUT2D eigenvalue weighted by molar-refractivity contribution is 0.102. The maximum absolute atomic E-state index is 13.0. The van der Waals surface area contributed by atoms with Crippen LogP contribution >= 0.6 is 0 Å². The van der Waals surface area contributed by atoms with E-state index >= 15 is 0 Å². The van der Waals surface area contributed by atoms with Gasteiger partial charge in [0.1, 0.15) is 24.0 Å². The molecule has 0 bridgehead atoms. The minimum atomic E-state index is -0.246. The van der Waals surface area contributed by atoms with Crippen molar-refractivity contribution in [2.75, 3.05) is 18.5 Å². The zero-order valence-corrected chi connectivity index (χ0v) is 20.6. The summed E-state index contributed by atoms with van der Waals surface area (Å²) in [4.78, 5) is 28.9. The molecule has 0 unspecified atom stereocenters. The van der Waals surface area contributed by atoms with Crippen LogP contribution in [0.15, 0.2) is 84.9 Å². The number of imidazole rings is 2. The summed E-state index contributed by atoms with van der Waals surface area (Å²) in [5.41, 5.74) is 6.50. The van der Waals surface area contributed by atoms with Crippen molar-refractivity contribution in [3.63, 3.8) is 0 Å². The number of carbonyl (C=O) groups excluding carboxylic acids is 1. The van der Waals surface area contributed by atoms with Crippen molar-refractivity contribution in [2.45, 2.75) is 0 Å². The number of rotatable bonds is 7. The minimum absolute atomic E-state index is 0.0389. The van der Waals surface area contributed by atoms with Gasteiger partial charge < -0.3 is 25.1 Å². The van der Waals surface area contributed by atoms with Gasteiger partial charge in [-0.05, 0) is 84.9 Å². The number of fused-ring (bicyclic) bond motifs is 2. The number of nitrogens with one attached hydrogen (secondary N) is 3. The predicted octanol–water partition coefficient (Wildman–Crippen LogP) is 5.27. The first-order valence-electron chi connectivity index (χ1n) is 12.2. The molecule has 0 fully saturated rings. The van der Waals surface area contributed by atoms with Gasteiger partial charge in [-0.25, -0.2) is 9.97 Å². The first-order valence-corrected chi connectivity index (χ1v) is 12.2. The molecular weight excluding hydrogens is 492 g/mol. The Balaban J connectivity index is 1.19. The third kappa shape index (κ3) is 4.92. The van der Waals surface area contributed by atoms with E-state index in [0.717, 1.165) is 33.2 Å². The van der Waals surface area contributed by atoms with Crippen molar-refractivity contribution in [2.24, 2.45) is 0 Å². The van der Waals surface area contributed by atoms with Gasteiger partial charge in [0, 0.05) is 22.4 Å². The summed E-state index contributed by atoms with van der Waals surface area (Å²) >= 11 is 0. The smallest absolute Gasteiger partial charge is 0.255 e. The minimum Gasteiger partial charge on any atom is -0.491 e. The number of aromatic nitrogens is 4. The second-order valence-corrected chi connectivity index (χ2v) is 8.87. The van der Waals surface area contributed by atoms with Crippen LogP contribution in [0.4, 0.5) is 5.69 Å². The fraction of sp³-hybridized carbons (Fsp3) is 0.0667. The van der Waals surface area contributed by atoms with Crippen LogP contribution in [0.3, 0.4) is 0 Å². The Labute approximate surface area is 222 Å². The van der Waals surface area contributed by atoms with Crippen LogP contribution < -0.4 is 10.1 Å². The van der Waals surface area contributed by atoms with E-state index < -0.39 is 0 Å². The lowest BCUT2D eigenvalue weighted by atomic mass is 10.1. The molecule has 0 spiro atoms. The topological polar surface area (TPSA) is 140 Å². The number of hydrogen-bond donors (Lipinski definition) is 4. The Kier molecular flexibility index (Phi) is 6.21. The maximum Gasteiger partial charge on any atom is 0.255 e. The van der Waals surface area contributed by atoms with Crippen molar-refractivity contribution in [1.29, 1.82) is 5.26 Å². The summed E-state index contributed by atoms with van der Waals surface area (Å²) in [5, 5.41) is 20.9. The molecule has 0 radical (unpaired) electrons. The Morgan fingerprint density at radius 1 is 0.846 bits per heavy atom. The molecule has 9 nitrogen and oxygen atoms in total. The largest absolute Gasteiger partial charge is 0.491 e. The maximum atomic E-state index is 13.0. The molecular formula is C30H22N6O3. The summed E-state index contributed by atoms with van der Waals surface area (Å²) in [7, 11) is 0. The van der Waals surface area contributed by atoms with Gasteiger partial charge in [-0.15, -0.1) is 0 Å². The molecule has 9 heteroatoms. The number of ether oxygens (including phenoxy) is 1. The monoisotopic (exact) mass is 514 g/mol. The van der Waals surface area contributed by atoms with Crippen LogP contribution in [0.25, 0.3) is 44.8 Å². The zero-order chi connectivity index (χ0) is 26.8. The fourth-order valence-electron chi connectivity index (χ4n) is 4.29. The molecule has 2 aromatic heterocycles. The van der Waals surface area contributed by atoms with Crippen LogP contribution in [0.1, 0.15) is 15.9 Å². The van der Waals surface area contributed by atoms with Crippen molar-refractivity contribution in [3.05, 3.63) is 96.1 Å². The van der Waals surface area contributed by atoms with Crippen LogP contribution in [-0.4, -0.2) is 44.2 Å². The van der Waals surface area contributed by atoms with Crippen LogP contribution in [-0.2, 0) is 0 Å². The molecule has 6 aromatic rings. The predicted molar refractivity (Wildman–Crippen MR) is 148 cm³/mol. The number of anilines is 1. The second-order valence-electron chi connectivity index (χ2n) is 8.87. The highest BCUT2D eigenvalue weighted by atomic mass is 16.5. The lowest BCUT2D eigenvalue weighted by Gasteiger charge is -2.05. The normalized spacial score (nSPS) is 11.0. The van der Waals surface area contributed by atoms with Gasteiger partial charge in [0.05, 0.1) is 40.3 Å². The van der Waals surface area contributed by atoms with E-state index in [0.29, 0.717) is 34.2 Å². The molecule has 0 aliphatic heterocycles. The lowest BCUT2D eigenvalue weighted by Crippen LogP contribution is -2.11. The van der Waals surface area contributed by atoms with Crippen molar-refractivity contribution in [3.8, 4) is 34.6 Å². The summed E-state index contributed by atoms with van der Waals surface area (Å²) in [6.07, 6.45) is 0. The fourth-order valence-corrected chi connectivity index (χ4v) is 4.29. The molecule has 2 heterocycles. The van der Waals surface area contributed by atoms with Crippen molar-refractivity contribution >= 4 is 33.7 Å². The summed E-state index contributed by atoms with van der Waals surface area (Å²) in [6.45, 7) is 0.205. The first kappa shape index (κ1) is 23.9. The van der Waals surface area contributed by atoms with E-state index in [1.165, 1.54) is 0 Å². The first-order chi connectivity index (χ1) is 19.1. The molecule has 4 N–H and O–H groups in total. The number of aliphatic hydroxyl groups excluding tert-OH is 1. The van der Waals surface area contributed by atoms with Crippen LogP contribution in [0.5, 0.6) is 5.75 Å². The number of benzene rings is 4. The number of hydrogen-bond acceptors (Lipinski definition) is 6. The van der Waals surface area contributed by atoms with Gasteiger partial charge in [0.25, 0.3) is 5.91 Å². The van der Waals surface area contributed by atoms with Crippen LogP contribution in [0, 0.1) is 11.3 Å². The third-order valence-corrected chi connectivity index (χ3v) is 6.26. The standard InChI is InChI=1S/C30H22N6O3/c31-17-18-1-3-19(4-2-18)28-33-24-11-7-21(15-26(24)35-28)30(38)32-22-8-12-25-27(16-22)36-29(34-25)20-5-9-23(10-6-20)39-14-13-37/h1-12,15-16,37H,13-14H2,(H,32,38)(H,33,35)(H,34,36). The number of aliphatic hydroxyl groups is 1. The highest BCUT2D eigenvalue weighted by Crippen LogP contribution is 2.26. The Bertz CT molecular complexity index is 1850. The molecule has 0 saturated heterocycles. The van der Waals surface area contributed by atoms with E-state index in [1.807, 2.05) is 54.6 Å². The number of H-pyrrole nitrogens is 2. The van der Waals surface area contributed by atoms with Crippen molar-refractivity contribution in [1.82, 2.24) is 19.9 Å². The van der Waals surface area contributed by atoms with Gasteiger partial charge in [-0.3, -0.25) is 4.79 Å². The molecule has 0 atom stereocenters. The summed E-state index contributed by atoms with van der Waals surface area (Å²) in [5.74, 6) is 1.79. The molecule has 0 aliphatic carbocycles. The van der Waals surface area contributed by atoms with Gasteiger partial charge in [0.15, 0.2) is 0 Å². The summed E-state index contributed by atoms with van der Waals surface area (Å²) in [6, 6.07) is 27.5. The van der Waals surface area contributed by atoms with E-state index in [-0.39, 0.29) is 19.1 Å². The molecule has 39 heavy (non-hydrogen) atoms. The zero-order valence-electron chi connectivity index (χ0n) is 20.6. The highest BCUT2D eigenvalue weighted by Gasteiger charge is 2.12. The SMILES string of the molecule is N#Cc1ccc(-c2nc3ccc(C(=O)Nc4ccc5nc(-c6ccc(OCCO)cc6)[nH]c5c4)cc3[nH]2)cc1. The molecule has 4 aromatic carbocycles. The number of nitrogens with zero attached hydrogens (tertiary/aromatic N) is 3. The average Bonchev–Trinajstić information content (AvgIpc) is 3.60. The molecule has 1 amide bonds. The van der Waals surface area contributed by atoms with Gasteiger partial charge in [0.2, 0.25) is 0 Å². The second kappa shape index (κ2) is 10.1. The third-order valence-electron chi connectivity index (χ3n) is 6.26. The Morgan fingerprint density at radius 3 is 2.10 bits per heavy atom. The van der Waals surface area contributed by atoms with Gasteiger partial charge in [-0.2, -0.15) is 5.26 Å². The molecule has 190 valence electrons. The van der Waals surface area contributed by atoms with Gasteiger partial charge in [-0.1, -0.05) is 0 Å². The van der Waals surface area contributed by atoms with Crippen molar-refractivity contribution < 1.29 is 14.6 Å². The average molecular weight is 515 g/mol.